The van der Waals surface area contributed by atoms with Crippen molar-refractivity contribution in [3.05, 3.63) is 69.1 Å². The topological polar surface area (TPSA) is 132 Å². The molecule has 0 bridgehead atoms. The molecule has 0 atom stereocenters. The van der Waals surface area contributed by atoms with E-state index < -0.39 is 16.6 Å². The third-order valence-corrected chi connectivity index (χ3v) is 4.03. The molecule has 2 aromatic heterocycles. The number of rotatable bonds is 6. The molecule has 142 valence electrons. The zero-order valence-electron chi connectivity index (χ0n) is 14.4. The van der Waals surface area contributed by atoms with Crippen LogP contribution in [0.3, 0.4) is 0 Å². The number of esters is 1. The minimum atomic E-state index is -0.621. The lowest BCUT2D eigenvalue weighted by Crippen LogP contribution is -2.09. The van der Waals surface area contributed by atoms with E-state index in [2.05, 4.69) is 41.5 Å². The molecule has 28 heavy (non-hydrogen) atoms. The molecule has 0 fully saturated rings. The van der Waals surface area contributed by atoms with Crippen molar-refractivity contribution in [2.45, 2.75) is 0 Å². The van der Waals surface area contributed by atoms with Gasteiger partial charge in [-0.15, -0.1) is 0 Å². The Balaban J connectivity index is 2.00. The molecule has 0 aliphatic carbocycles. The number of pyridine rings is 1. The monoisotopic (exact) mass is 444 g/mol. The minimum Gasteiger partial charge on any atom is -0.465 e. The quantitative estimate of drug-likeness (QED) is 0.330. The molecule has 11 heteroatoms. The normalized spacial score (nSPS) is 10.2. The maximum absolute atomic E-state index is 11.9. The van der Waals surface area contributed by atoms with Crippen LogP contribution in [0.4, 0.5) is 28.8 Å². The van der Waals surface area contributed by atoms with Crippen LogP contribution in [0.2, 0.25) is 0 Å². The van der Waals surface area contributed by atoms with Gasteiger partial charge in [0.15, 0.2) is 0 Å². The second-order valence-corrected chi connectivity index (χ2v) is 6.24. The molecule has 3 aromatic rings. The molecule has 0 aliphatic heterocycles. The summed E-state index contributed by atoms with van der Waals surface area (Å²) in [5.41, 5.74) is 0.123. The van der Waals surface area contributed by atoms with Gasteiger partial charge in [0.1, 0.15) is 12.1 Å². The summed E-state index contributed by atoms with van der Waals surface area (Å²) in [5.74, 6) is -0.355. The van der Waals surface area contributed by atoms with E-state index >= 15 is 0 Å². The van der Waals surface area contributed by atoms with Crippen molar-refractivity contribution >= 4 is 50.7 Å². The predicted molar refractivity (Wildman–Crippen MR) is 105 cm³/mol. The van der Waals surface area contributed by atoms with Gasteiger partial charge in [-0.25, -0.2) is 19.7 Å². The lowest BCUT2D eigenvalue weighted by atomic mass is 10.2. The molecule has 2 N–H and O–H groups in total. The summed E-state index contributed by atoms with van der Waals surface area (Å²) in [6.45, 7) is 0. The van der Waals surface area contributed by atoms with Gasteiger partial charge in [-0.1, -0.05) is 12.1 Å². The predicted octanol–water partition coefficient (Wildman–Crippen LogP) is 3.82. The summed E-state index contributed by atoms with van der Waals surface area (Å²) in [7, 11) is 1.25. The number of ether oxygens (including phenoxy) is 1. The summed E-state index contributed by atoms with van der Waals surface area (Å²) >= 11 is 3.27. The fraction of sp³-hybridized carbons (Fsp3) is 0.0588. The lowest BCUT2D eigenvalue weighted by Gasteiger charge is -2.12. The zero-order chi connectivity index (χ0) is 20.1. The second kappa shape index (κ2) is 8.39. The summed E-state index contributed by atoms with van der Waals surface area (Å²) in [4.78, 5) is 35.0. The first-order chi connectivity index (χ1) is 13.5. The summed E-state index contributed by atoms with van der Waals surface area (Å²) in [6, 6.07) is 9.81. The number of anilines is 4. The SMILES string of the molecule is COC(=O)c1ccccc1Nc1ncnc(Nc2ccc(Br)cn2)c1[N+](=O)[O-]. The molecule has 0 saturated carbocycles. The fourth-order valence-corrected chi connectivity index (χ4v) is 2.55. The Morgan fingerprint density at radius 1 is 1.11 bits per heavy atom. The molecule has 3 rings (SSSR count). The van der Waals surface area contributed by atoms with Crippen molar-refractivity contribution in [3.63, 3.8) is 0 Å². The van der Waals surface area contributed by atoms with Crippen LogP contribution in [-0.4, -0.2) is 33.0 Å². The number of nitro groups is 1. The van der Waals surface area contributed by atoms with Crippen LogP contribution in [0.5, 0.6) is 0 Å². The number of carbonyl (C=O) groups excluding carboxylic acids is 1. The zero-order valence-corrected chi connectivity index (χ0v) is 16.0. The van der Waals surface area contributed by atoms with Crippen molar-refractivity contribution < 1.29 is 14.5 Å². The molecule has 10 nitrogen and oxygen atoms in total. The smallest absolute Gasteiger partial charge is 0.353 e. The Hall–Kier alpha value is -3.60. The molecule has 0 unspecified atom stereocenters. The third-order valence-electron chi connectivity index (χ3n) is 3.56. The van der Waals surface area contributed by atoms with Crippen molar-refractivity contribution in [3.8, 4) is 0 Å². The molecule has 0 radical (unpaired) electrons. The molecule has 0 spiro atoms. The van der Waals surface area contributed by atoms with Gasteiger partial charge in [-0.2, -0.15) is 0 Å². The highest BCUT2D eigenvalue weighted by Crippen LogP contribution is 2.33. The first kappa shape index (κ1) is 19.2. The maximum Gasteiger partial charge on any atom is 0.353 e. The standard InChI is InChI=1S/C17H13BrN6O4/c1-28-17(25)11-4-2-3-5-12(11)22-15-14(24(26)27)16(21-9-20-15)23-13-7-6-10(18)8-19-13/h2-9H,1H3,(H2,19,20,21,22,23). The van der Waals surface area contributed by atoms with Crippen molar-refractivity contribution in [2.75, 3.05) is 17.7 Å². The highest BCUT2D eigenvalue weighted by molar-refractivity contribution is 9.10. The van der Waals surface area contributed by atoms with E-state index in [9.17, 15) is 14.9 Å². The molecular formula is C17H13BrN6O4. The second-order valence-electron chi connectivity index (χ2n) is 5.33. The van der Waals surface area contributed by atoms with Crippen molar-refractivity contribution in [1.29, 1.82) is 0 Å². The number of aromatic nitrogens is 3. The van der Waals surface area contributed by atoms with E-state index in [1.54, 1.807) is 36.5 Å². The number of halogens is 1. The van der Waals surface area contributed by atoms with Gasteiger partial charge >= 0.3 is 11.7 Å². The van der Waals surface area contributed by atoms with Gasteiger partial charge in [0.2, 0.25) is 11.6 Å². The van der Waals surface area contributed by atoms with Crippen LogP contribution in [0, 0.1) is 10.1 Å². The van der Waals surface area contributed by atoms with E-state index in [1.165, 1.54) is 13.2 Å². The summed E-state index contributed by atoms with van der Waals surface area (Å²) in [6.07, 6.45) is 2.71. The fourth-order valence-electron chi connectivity index (χ4n) is 2.31. The highest BCUT2D eigenvalue weighted by Gasteiger charge is 2.25. The van der Waals surface area contributed by atoms with Crippen LogP contribution in [0.25, 0.3) is 0 Å². The number of nitrogens with zero attached hydrogens (tertiary/aromatic N) is 4. The van der Waals surface area contributed by atoms with Gasteiger partial charge in [0.25, 0.3) is 0 Å². The Morgan fingerprint density at radius 3 is 2.46 bits per heavy atom. The number of hydrogen-bond donors (Lipinski definition) is 2. The van der Waals surface area contributed by atoms with Gasteiger partial charge < -0.3 is 15.4 Å². The van der Waals surface area contributed by atoms with Crippen LogP contribution >= 0.6 is 15.9 Å². The Labute approximate surface area is 167 Å². The minimum absolute atomic E-state index is 0.0483. The Morgan fingerprint density at radius 2 is 1.82 bits per heavy atom. The number of hydrogen-bond acceptors (Lipinski definition) is 9. The lowest BCUT2D eigenvalue weighted by molar-refractivity contribution is -0.383. The van der Waals surface area contributed by atoms with Crippen LogP contribution < -0.4 is 10.6 Å². The summed E-state index contributed by atoms with van der Waals surface area (Å²) < 4.78 is 5.50. The Bertz CT molecular complexity index is 1030. The van der Waals surface area contributed by atoms with Gasteiger partial charge in [0.05, 0.1) is 23.3 Å². The van der Waals surface area contributed by atoms with E-state index in [0.717, 1.165) is 10.8 Å². The van der Waals surface area contributed by atoms with Gasteiger partial charge in [-0.05, 0) is 40.2 Å². The van der Waals surface area contributed by atoms with Crippen LogP contribution in [-0.2, 0) is 4.74 Å². The maximum atomic E-state index is 11.9. The highest BCUT2D eigenvalue weighted by atomic mass is 79.9. The van der Waals surface area contributed by atoms with E-state index in [1.807, 2.05) is 0 Å². The number of nitrogens with one attached hydrogen (secondary N) is 2. The average Bonchev–Trinajstić information content (AvgIpc) is 2.69. The first-order valence-corrected chi connectivity index (χ1v) is 8.61. The number of para-hydroxylation sites is 1. The Kier molecular flexibility index (Phi) is 5.75. The largest absolute Gasteiger partial charge is 0.465 e. The molecular weight excluding hydrogens is 432 g/mol. The molecule has 2 heterocycles. The van der Waals surface area contributed by atoms with Crippen LogP contribution in [0.1, 0.15) is 10.4 Å². The molecule has 0 aliphatic rings. The van der Waals surface area contributed by atoms with Crippen molar-refractivity contribution in [2.24, 2.45) is 0 Å². The molecule has 0 saturated heterocycles. The molecule has 0 amide bonds. The van der Waals surface area contributed by atoms with Gasteiger partial charge in [0, 0.05) is 10.7 Å². The van der Waals surface area contributed by atoms with E-state index in [-0.39, 0.29) is 17.2 Å². The number of methoxy groups -OCH3 is 1. The molecule has 1 aromatic carbocycles. The van der Waals surface area contributed by atoms with Crippen molar-refractivity contribution in [1.82, 2.24) is 15.0 Å². The number of benzene rings is 1. The van der Waals surface area contributed by atoms with Crippen LogP contribution in [0.15, 0.2) is 53.4 Å². The van der Waals surface area contributed by atoms with E-state index in [4.69, 9.17) is 4.74 Å². The van der Waals surface area contributed by atoms with E-state index in [0.29, 0.717) is 11.5 Å². The third kappa shape index (κ3) is 4.20. The first-order valence-electron chi connectivity index (χ1n) is 7.82. The number of carbonyl (C=O) groups is 1. The summed E-state index contributed by atoms with van der Waals surface area (Å²) in [5, 5.41) is 17.3. The average molecular weight is 445 g/mol. The van der Waals surface area contributed by atoms with Gasteiger partial charge in [-0.3, -0.25) is 10.1 Å².